The third-order valence-corrected chi connectivity index (χ3v) is 7.93. The Bertz CT molecular complexity index is 1040. The van der Waals surface area contributed by atoms with Gasteiger partial charge in [-0.15, -0.1) is 11.8 Å². The van der Waals surface area contributed by atoms with Crippen LogP contribution in [-0.4, -0.2) is 19.8 Å². The standard InChI is InChI=1S/C21H19NO5S2/c23-22(24)16-6-4-5-15(11-16)13-27-17-9-10-19-20(14-29(25,26)21(19)12-17)28-18-7-2-1-3-8-18/h1-12,20,25-26H,13-14H2. The van der Waals surface area contributed by atoms with Gasteiger partial charge >= 0.3 is 0 Å². The van der Waals surface area contributed by atoms with Crippen molar-refractivity contribution in [2.24, 2.45) is 0 Å². The lowest BCUT2D eigenvalue weighted by Crippen LogP contribution is -1.99. The monoisotopic (exact) mass is 429 g/mol. The van der Waals surface area contributed by atoms with Crippen LogP contribution < -0.4 is 4.74 Å². The maximum absolute atomic E-state index is 10.9. The van der Waals surface area contributed by atoms with Crippen molar-refractivity contribution in [2.75, 3.05) is 5.75 Å². The number of non-ortho nitro benzene ring substituents is 1. The van der Waals surface area contributed by atoms with Crippen LogP contribution >= 0.6 is 22.4 Å². The zero-order valence-electron chi connectivity index (χ0n) is 15.3. The van der Waals surface area contributed by atoms with E-state index in [9.17, 15) is 19.2 Å². The molecule has 0 fully saturated rings. The van der Waals surface area contributed by atoms with Crippen molar-refractivity contribution >= 4 is 28.0 Å². The number of rotatable bonds is 6. The highest BCUT2D eigenvalue weighted by atomic mass is 32.3. The van der Waals surface area contributed by atoms with Crippen LogP contribution in [0, 0.1) is 10.1 Å². The lowest BCUT2D eigenvalue weighted by atomic mass is 10.1. The Balaban J connectivity index is 1.52. The molecule has 2 N–H and O–H groups in total. The van der Waals surface area contributed by atoms with Gasteiger partial charge in [-0.1, -0.05) is 36.4 Å². The predicted octanol–water partition coefficient (Wildman–Crippen LogP) is 6.13. The lowest BCUT2D eigenvalue weighted by molar-refractivity contribution is -0.384. The number of hydrogen-bond acceptors (Lipinski definition) is 6. The van der Waals surface area contributed by atoms with Crippen LogP contribution in [0.1, 0.15) is 16.4 Å². The third-order valence-electron chi connectivity index (χ3n) is 4.62. The van der Waals surface area contributed by atoms with Crippen LogP contribution in [0.5, 0.6) is 5.75 Å². The number of benzene rings is 3. The predicted molar refractivity (Wildman–Crippen MR) is 115 cm³/mol. The molecule has 3 aromatic rings. The summed E-state index contributed by atoms with van der Waals surface area (Å²) < 4.78 is 27.0. The molecular weight excluding hydrogens is 410 g/mol. The fourth-order valence-electron chi connectivity index (χ4n) is 3.23. The third kappa shape index (κ3) is 4.40. The summed E-state index contributed by atoms with van der Waals surface area (Å²) in [5, 5.41) is 10.9. The zero-order valence-corrected chi connectivity index (χ0v) is 16.9. The normalized spacial score (nSPS) is 18.1. The van der Waals surface area contributed by atoms with Gasteiger partial charge in [0.15, 0.2) is 0 Å². The molecule has 8 heteroatoms. The number of nitro benzene ring substituents is 1. The average Bonchev–Trinajstić information content (AvgIpc) is 2.97. The molecule has 0 saturated heterocycles. The van der Waals surface area contributed by atoms with Crippen molar-refractivity contribution in [3.63, 3.8) is 0 Å². The van der Waals surface area contributed by atoms with Gasteiger partial charge in [-0.2, -0.15) is 10.6 Å². The second-order valence-corrected chi connectivity index (χ2v) is 10.1. The van der Waals surface area contributed by atoms with E-state index in [4.69, 9.17) is 4.74 Å². The molecule has 3 aromatic carbocycles. The van der Waals surface area contributed by atoms with Crippen LogP contribution in [0.25, 0.3) is 0 Å². The van der Waals surface area contributed by atoms with Crippen LogP contribution in [-0.2, 0) is 6.61 Å². The fraction of sp³-hybridized carbons (Fsp3) is 0.143. The molecule has 4 rings (SSSR count). The first-order valence-electron chi connectivity index (χ1n) is 8.90. The number of ether oxygens (including phenoxy) is 1. The van der Waals surface area contributed by atoms with Crippen molar-refractivity contribution in [1.82, 2.24) is 0 Å². The van der Waals surface area contributed by atoms with Crippen LogP contribution in [0.15, 0.2) is 82.6 Å². The van der Waals surface area contributed by atoms with E-state index in [2.05, 4.69) is 0 Å². The molecule has 1 aliphatic rings. The summed E-state index contributed by atoms with van der Waals surface area (Å²) >= 11 is 1.61. The molecule has 0 aromatic heterocycles. The van der Waals surface area contributed by atoms with Crippen LogP contribution in [0.2, 0.25) is 0 Å². The Hall–Kier alpha value is -2.52. The molecule has 0 aliphatic carbocycles. The second-order valence-electron chi connectivity index (χ2n) is 6.67. The molecule has 0 bridgehead atoms. The molecule has 1 atom stereocenters. The molecule has 0 radical (unpaired) electrons. The first kappa shape index (κ1) is 19.8. The lowest BCUT2D eigenvalue weighted by Gasteiger charge is -2.27. The van der Waals surface area contributed by atoms with E-state index in [0.717, 1.165) is 10.5 Å². The van der Waals surface area contributed by atoms with E-state index >= 15 is 0 Å². The average molecular weight is 430 g/mol. The number of thioether (sulfide) groups is 1. The Kier molecular flexibility index (Phi) is 5.51. The summed E-state index contributed by atoms with van der Waals surface area (Å²) in [5.74, 6) is 0.775. The van der Waals surface area contributed by atoms with E-state index in [1.165, 1.54) is 12.1 Å². The summed E-state index contributed by atoms with van der Waals surface area (Å²) in [6.07, 6.45) is 0. The largest absolute Gasteiger partial charge is 0.489 e. The van der Waals surface area contributed by atoms with Crippen LogP contribution in [0.3, 0.4) is 0 Å². The molecule has 29 heavy (non-hydrogen) atoms. The van der Waals surface area contributed by atoms with E-state index < -0.39 is 15.5 Å². The highest BCUT2D eigenvalue weighted by molar-refractivity contribution is 8.25. The first-order chi connectivity index (χ1) is 13.9. The van der Waals surface area contributed by atoms with E-state index in [0.29, 0.717) is 16.2 Å². The quantitative estimate of drug-likeness (QED) is 0.362. The van der Waals surface area contributed by atoms with Gasteiger partial charge in [0, 0.05) is 23.1 Å². The molecule has 6 nitrogen and oxygen atoms in total. The molecule has 1 unspecified atom stereocenters. The first-order valence-corrected chi connectivity index (χ1v) is 11.5. The number of hydrogen-bond donors (Lipinski definition) is 2. The Morgan fingerprint density at radius 2 is 1.86 bits per heavy atom. The van der Waals surface area contributed by atoms with Crippen molar-refractivity contribution in [3.05, 3.63) is 94.0 Å². The molecule has 1 heterocycles. The topological polar surface area (TPSA) is 92.8 Å². The molecule has 1 aliphatic heterocycles. The maximum atomic E-state index is 10.9. The Labute approximate surface area is 174 Å². The Morgan fingerprint density at radius 3 is 2.62 bits per heavy atom. The summed E-state index contributed by atoms with van der Waals surface area (Å²) in [7, 11) is -2.89. The highest BCUT2D eigenvalue weighted by Gasteiger charge is 2.36. The molecule has 0 saturated carbocycles. The minimum atomic E-state index is -2.89. The molecule has 150 valence electrons. The van der Waals surface area contributed by atoms with Crippen molar-refractivity contribution < 1.29 is 18.8 Å². The number of nitro groups is 1. The van der Waals surface area contributed by atoms with Gasteiger partial charge in [-0.3, -0.25) is 19.2 Å². The van der Waals surface area contributed by atoms with Gasteiger partial charge in [-0.05, 0) is 29.3 Å². The summed E-state index contributed by atoms with van der Waals surface area (Å²) in [6, 6.07) is 21.5. The summed E-state index contributed by atoms with van der Waals surface area (Å²) in [4.78, 5) is 12.0. The van der Waals surface area contributed by atoms with Gasteiger partial charge in [0.25, 0.3) is 5.69 Å². The van der Waals surface area contributed by atoms with Gasteiger partial charge in [0.1, 0.15) is 12.4 Å². The summed E-state index contributed by atoms with van der Waals surface area (Å²) in [5.41, 5.74) is 1.58. The summed E-state index contributed by atoms with van der Waals surface area (Å²) in [6.45, 7) is 0.155. The number of fused-ring (bicyclic) bond motifs is 1. The minimum absolute atomic E-state index is 0.00927. The van der Waals surface area contributed by atoms with E-state index in [-0.39, 0.29) is 23.3 Å². The van der Waals surface area contributed by atoms with Gasteiger partial charge in [0.2, 0.25) is 0 Å². The van der Waals surface area contributed by atoms with Crippen LogP contribution in [0.4, 0.5) is 5.69 Å². The second kappa shape index (κ2) is 8.08. The van der Waals surface area contributed by atoms with E-state index in [1.54, 1.807) is 36.0 Å². The SMILES string of the molecule is O=[N+]([O-])c1cccc(COc2ccc3c(c2)S(O)(O)CC3Sc2ccccc2)c1. The Morgan fingerprint density at radius 1 is 1.07 bits per heavy atom. The van der Waals surface area contributed by atoms with Gasteiger partial charge in [0.05, 0.1) is 20.8 Å². The minimum Gasteiger partial charge on any atom is -0.489 e. The van der Waals surface area contributed by atoms with Gasteiger partial charge < -0.3 is 4.74 Å². The molecular formula is C21H19NO5S2. The van der Waals surface area contributed by atoms with E-state index in [1.807, 2.05) is 36.4 Å². The maximum Gasteiger partial charge on any atom is 0.269 e. The number of nitrogens with zero attached hydrogens (tertiary/aromatic N) is 1. The molecule has 0 amide bonds. The zero-order chi connectivity index (χ0) is 20.4. The van der Waals surface area contributed by atoms with Crippen molar-refractivity contribution in [3.8, 4) is 5.75 Å². The van der Waals surface area contributed by atoms with Crippen molar-refractivity contribution in [1.29, 1.82) is 0 Å². The fourth-order valence-corrected chi connectivity index (χ4v) is 6.80. The highest BCUT2D eigenvalue weighted by Crippen LogP contribution is 2.63. The smallest absolute Gasteiger partial charge is 0.269 e. The van der Waals surface area contributed by atoms with Gasteiger partial charge in [-0.25, -0.2) is 0 Å². The molecule has 0 spiro atoms. The van der Waals surface area contributed by atoms with Crippen molar-refractivity contribution in [2.45, 2.75) is 21.6 Å².